The predicted molar refractivity (Wildman–Crippen MR) is 119 cm³/mol. The molecule has 4 rings (SSSR count). The van der Waals surface area contributed by atoms with Crippen LogP contribution < -0.4 is 10.2 Å². The molecule has 2 atom stereocenters. The fourth-order valence-corrected chi connectivity index (χ4v) is 5.11. The van der Waals surface area contributed by atoms with Crippen LogP contribution in [0.15, 0.2) is 18.2 Å². The maximum atomic E-state index is 14.0. The van der Waals surface area contributed by atoms with Crippen LogP contribution in [0.2, 0.25) is 0 Å². The van der Waals surface area contributed by atoms with Crippen molar-refractivity contribution in [2.24, 2.45) is 5.41 Å². The van der Waals surface area contributed by atoms with E-state index in [4.69, 9.17) is 4.74 Å². The number of urea groups is 1. The number of carbonyl (C=O) groups is 4. The van der Waals surface area contributed by atoms with Crippen molar-refractivity contribution in [1.82, 2.24) is 15.1 Å². The first-order valence-electron chi connectivity index (χ1n) is 11.1. The number of nitro benzene ring substituents is 1. The van der Waals surface area contributed by atoms with Crippen LogP contribution in [-0.2, 0) is 20.7 Å². The van der Waals surface area contributed by atoms with Crippen LogP contribution >= 0.6 is 0 Å². The number of amides is 5. The third-order valence-corrected chi connectivity index (χ3v) is 6.61. The summed E-state index contributed by atoms with van der Waals surface area (Å²) < 4.78 is 5.14. The number of hydrogen-bond donors (Lipinski definition) is 1. The maximum absolute atomic E-state index is 14.0. The molecule has 12 heteroatoms. The Hall–Kier alpha value is -3.70. The third kappa shape index (κ3) is 3.44. The minimum Gasteiger partial charge on any atom is -0.450 e. The number of rotatable bonds is 2. The van der Waals surface area contributed by atoms with E-state index in [2.05, 4.69) is 5.32 Å². The SMILES string of the molecule is CCOC(=O)N1CCN2c3ccc([N+](=O)[O-])cc3C[C@@]3(C(=O)NC(=O)N(C(C)(C)C)C3=O)[C@@H]2C1. The van der Waals surface area contributed by atoms with E-state index < -0.39 is 45.9 Å². The van der Waals surface area contributed by atoms with Crippen molar-refractivity contribution in [2.45, 2.75) is 45.7 Å². The van der Waals surface area contributed by atoms with E-state index in [9.17, 15) is 29.3 Å². The third-order valence-electron chi connectivity index (χ3n) is 6.61. The molecule has 0 radical (unpaired) electrons. The molecule has 0 saturated carbocycles. The Kier molecular flexibility index (Phi) is 5.49. The number of ether oxygens (including phenoxy) is 1. The Morgan fingerprint density at radius 1 is 1.26 bits per heavy atom. The molecule has 3 aliphatic rings. The number of nitrogens with zero attached hydrogens (tertiary/aromatic N) is 4. The molecule has 1 spiro atoms. The Labute approximate surface area is 195 Å². The summed E-state index contributed by atoms with van der Waals surface area (Å²) in [4.78, 5) is 67.9. The Bertz CT molecular complexity index is 1100. The van der Waals surface area contributed by atoms with Gasteiger partial charge < -0.3 is 14.5 Å². The number of hydrogen-bond acceptors (Lipinski definition) is 8. The number of nitrogens with one attached hydrogen (secondary N) is 1. The van der Waals surface area contributed by atoms with Crippen LogP contribution in [0.3, 0.4) is 0 Å². The highest BCUT2D eigenvalue weighted by atomic mass is 16.6. The minimum absolute atomic E-state index is 0.0145. The van der Waals surface area contributed by atoms with E-state index in [-0.39, 0.29) is 38.3 Å². The molecule has 5 amide bonds. The summed E-state index contributed by atoms with van der Waals surface area (Å²) in [6, 6.07) is 2.72. The molecule has 2 fully saturated rings. The van der Waals surface area contributed by atoms with Crippen molar-refractivity contribution in [1.29, 1.82) is 0 Å². The van der Waals surface area contributed by atoms with E-state index in [0.717, 1.165) is 4.90 Å². The van der Waals surface area contributed by atoms with E-state index >= 15 is 0 Å². The van der Waals surface area contributed by atoms with Crippen LogP contribution in [-0.4, -0.2) is 76.5 Å². The average Bonchev–Trinajstić information content (AvgIpc) is 2.75. The Balaban J connectivity index is 1.88. The van der Waals surface area contributed by atoms with Gasteiger partial charge in [-0.3, -0.25) is 29.9 Å². The van der Waals surface area contributed by atoms with Gasteiger partial charge in [0.2, 0.25) is 11.8 Å². The van der Waals surface area contributed by atoms with Crippen LogP contribution in [0.4, 0.5) is 21.0 Å². The molecule has 0 bridgehead atoms. The summed E-state index contributed by atoms with van der Waals surface area (Å²) in [5.41, 5.74) is -1.75. The highest BCUT2D eigenvalue weighted by molar-refractivity contribution is 6.20. The number of nitro groups is 1. The zero-order valence-electron chi connectivity index (χ0n) is 19.5. The molecule has 1 N–H and O–H groups in total. The molecule has 0 aromatic heterocycles. The number of anilines is 1. The molecule has 0 unspecified atom stereocenters. The summed E-state index contributed by atoms with van der Waals surface area (Å²) >= 11 is 0. The van der Waals surface area contributed by atoms with Gasteiger partial charge in [-0.2, -0.15) is 0 Å². The second kappa shape index (κ2) is 7.96. The molecular formula is C22H27N5O7. The molecule has 12 nitrogen and oxygen atoms in total. The van der Waals surface area contributed by atoms with Gasteiger partial charge in [0.25, 0.3) is 5.69 Å². The lowest BCUT2D eigenvalue weighted by Gasteiger charge is -2.56. The quantitative estimate of drug-likeness (QED) is 0.388. The molecule has 0 aliphatic carbocycles. The van der Waals surface area contributed by atoms with E-state index in [0.29, 0.717) is 11.3 Å². The van der Waals surface area contributed by atoms with Gasteiger partial charge in [-0.25, -0.2) is 9.59 Å². The highest BCUT2D eigenvalue weighted by Gasteiger charge is 2.64. The minimum atomic E-state index is -1.77. The molecule has 3 heterocycles. The molecule has 34 heavy (non-hydrogen) atoms. The number of carbonyl (C=O) groups excluding carboxylic acids is 4. The summed E-state index contributed by atoms with van der Waals surface area (Å²) in [6.07, 6.45) is -0.703. The fraction of sp³-hybridized carbons (Fsp3) is 0.545. The lowest BCUT2D eigenvalue weighted by molar-refractivity contribution is -0.384. The molecule has 1 aromatic carbocycles. The average molecular weight is 473 g/mol. The number of barbiturate groups is 1. The van der Waals surface area contributed by atoms with E-state index in [1.807, 2.05) is 4.90 Å². The Morgan fingerprint density at radius 3 is 2.59 bits per heavy atom. The lowest BCUT2D eigenvalue weighted by atomic mass is 9.67. The van der Waals surface area contributed by atoms with Gasteiger partial charge in [0.1, 0.15) is 0 Å². The van der Waals surface area contributed by atoms with Gasteiger partial charge in [-0.15, -0.1) is 0 Å². The molecule has 182 valence electrons. The largest absolute Gasteiger partial charge is 0.450 e. The van der Waals surface area contributed by atoms with Crippen LogP contribution in [0, 0.1) is 15.5 Å². The number of imide groups is 2. The number of benzene rings is 1. The van der Waals surface area contributed by atoms with E-state index in [1.165, 1.54) is 17.0 Å². The molecule has 3 aliphatic heterocycles. The smallest absolute Gasteiger partial charge is 0.409 e. The fourth-order valence-electron chi connectivity index (χ4n) is 5.11. The zero-order valence-corrected chi connectivity index (χ0v) is 19.5. The topological polar surface area (TPSA) is 142 Å². The van der Waals surface area contributed by atoms with Gasteiger partial charge in [0.15, 0.2) is 5.41 Å². The first-order valence-corrected chi connectivity index (χ1v) is 11.1. The maximum Gasteiger partial charge on any atom is 0.409 e. The molecule has 2 saturated heterocycles. The summed E-state index contributed by atoms with van der Waals surface area (Å²) in [6.45, 7) is 7.47. The van der Waals surface area contributed by atoms with E-state index in [1.54, 1.807) is 33.8 Å². The standard InChI is InChI=1S/C22H27N5O7/c1-5-34-20(31)24-8-9-25-15-7-6-14(27(32)33)10-13(15)11-22(16(25)12-24)17(28)23-19(30)26(18(22)29)21(2,3)4/h6-7,10,16H,5,8-9,11-12H2,1-4H3,(H,23,28,30)/t16-,22-/m0/s1. The van der Waals surface area contributed by atoms with Crippen molar-refractivity contribution in [3.05, 3.63) is 33.9 Å². The van der Waals surface area contributed by atoms with Gasteiger partial charge >= 0.3 is 12.1 Å². The number of fused-ring (bicyclic) bond motifs is 4. The zero-order chi connectivity index (χ0) is 25.0. The summed E-state index contributed by atoms with van der Waals surface area (Å²) in [5.74, 6) is -1.47. The van der Waals surface area contributed by atoms with Crippen molar-refractivity contribution >= 4 is 35.3 Å². The molecular weight excluding hydrogens is 446 g/mol. The predicted octanol–water partition coefficient (Wildman–Crippen LogP) is 1.66. The highest BCUT2D eigenvalue weighted by Crippen LogP contribution is 2.47. The van der Waals surface area contributed by atoms with Gasteiger partial charge in [-0.1, -0.05) is 0 Å². The van der Waals surface area contributed by atoms with Gasteiger partial charge in [0.05, 0.1) is 17.6 Å². The van der Waals surface area contributed by atoms with Gasteiger partial charge in [0, 0.05) is 49.4 Å². The Morgan fingerprint density at radius 2 is 1.97 bits per heavy atom. The number of piperazine rings is 1. The summed E-state index contributed by atoms with van der Waals surface area (Å²) in [5, 5.41) is 13.7. The van der Waals surface area contributed by atoms with Crippen LogP contribution in [0.1, 0.15) is 33.3 Å². The first kappa shape index (κ1) is 23.5. The lowest BCUT2D eigenvalue weighted by Crippen LogP contribution is -2.77. The van der Waals surface area contributed by atoms with Crippen molar-refractivity contribution in [3.8, 4) is 0 Å². The van der Waals surface area contributed by atoms with Crippen molar-refractivity contribution in [3.63, 3.8) is 0 Å². The monoisotopic (exact) mass is 473 g/mol. The van der Waals surface area contributed by atoms with Gasteiger partial charge in [-0.05, 0) is 39.3 Å². The first-order chi connectivity index (χ1) is 15.9. The second-order valence-corrected chi connectivity index (χ2v) is 9.64. The number of non-ortho nitro benzene ring substituents is 1. The molecule has 1 aromatic rings. The summed E-state index contributed by atoms with van der Waals surface area (Å²) in [7, 11) is 0. The van der Waals surface area contributed by atoms with Crippen molar-refractivity contribution in [2.75, 3.05) is 31.1 Å². The second-order valence-electron chi connectivity index (χ2n) is 9.64. The van der Waals surface area contributed by atoms with Crippen LogP contribution in [0.25, 0.3) is 0 Å². The van der Waals surface area contributed by atoms with Crippen LogP contribution in [0.5, 0.6) is 0 Å². The normalized spacial score (nSPS) is 24.5. The van der Waals surface area contributed by atoms with Crippen molar-refractivity contribution < 1.29 is 28.8 Å².